The maximum absolute atomic E-state index is 8.73. The fourth-order valence-electron chi connectivity index (χ4n) is 0.662. The summed E-state index contributed by atoms with van der Waals surface area (Å²) in [6, 6.07) is -0.0417. The van der Waals surface area contributed by atoms with E-state index in [2.05, 4.69) is 0 Å². The van der Waals surface area contributed by atoms with Crippen LogP contribution in [0.15, 0.2) is 0 Å². The van der Waals surface area contributed by atoms with Gasteiger partial charge in [0, 0.05) is 12.6 Å². The van der Waals surface area contributed by atoms with Crippen molar-refractivity contribution in [3.63, 3.8) is 0 Å². The molecule has 0 aliphatic heterocycles. The molecule has 6 N–H and O–H groups in total. The number of hydrogen-bond acceptors (Lipinski definition) is 4. The van der Waals surface area contributed by atoms with E-state index in [-0.39, 0.29) is 18.8 Å². The monoisotopic (exact) mass is 206 g/mol. The van der Waals surface area contributed by atoms with Crippen LogP contribution in [0.2, 0.25) is 0 Å². The molecule has 4 nitrogen and oxygen atoms in total. The Hall–Kier alpha value is -0.160. The van der Waals surface area contributed by atoms with Crippen molar-refractivity contribution < 1.29 is 10.2 Å². The van der Waals surface area contributed by atoms with Crippen molar-refractivity contribution in [1.29, 1.82) is 0 Å². The Labute approximate surface area is 87.3 Å². The molecule has 4 heteroatoms. The number of nitrogens with two attached hydrogens (primary N) is 2. The first-order valence-corrected chi connectivity index (χ1v) is 5.24. The largest absolute Gasteiger partial charge is 0.395 e. The normalized spacial score (nSPS) is 14.6. The molecule has 0 heterocycles. The lowest BCUT2D eigenvalue weighted by Gasteiger charge is -2.10. The summed E-state index contributed by atoms with van der Waals surface area (Å²) in [6.07, 6.45) is 1.57. The molecular weight excluding hydrogens is 180 g/mol. The molecule has 14 heavy (non-hydrogen) atoms. The molecule has 2 atom stereocenters. The minimum Gasteiger partial charge on any atom is -0.395 e. The first kappa shape index (κ1) is 16.3. The highest BCUT2D eigenvalue weighted by atomic mass is 16.3. The van der Waals surface area contributed by atoms with E-state index in [0.29, 0.717) is 12.5 Å². The fraction of sp³-hybridized carbons (Fsp3) is 1.00. The van der Waals surface area contributed by atoms with Gasteiger partial charge in [0.2, 0.25) is 0 Å². The van der Waals surface area contributed by atoms with Crippen LogP contribution in [0.4, 0.5) is 0 Å². The summed E-state index contributed by atoms with van der Waals surface area (Å²) in [5.74, 6) is 0.394. The second kappa shape index (κ2) is 10.9. The molecule has 0 aromatic rings. The molecule has 0 saturated carbocycles. The summed E-state index contributed by atoms with van der Waals surface area (Å²) in [5, 5.41) is 17.1. The topological polar surface area (TPSA) is 92.5 Å². The zero-order valence-corrected chi connectivity index (χ0v) is 9.61. The van der Waals surface area contributed by atoms with Gasteiger partial charge in [-0.3, -0.25) is 0 Å². The third-order valence-electron chi connectivity index (χ3n) is 1.96. The zero-order valence-electron chi connectivity index (χ0n) is 9.61. The van der Waals surface area contributed by atoms with Crippen LogP contribution in [0.1, 0.15) is 33.6 Å². The summed E-state index contributed by atoms with van der Waals surface area (Å²) in [4.78, 5) is 0. The van der Waals surface area contributed by atoms with E-state index in [1.807, 2.05) is 20.8 Å². The maximum Gasteiger partial charge on any atom is 0.0662 e. The highest BCUT2D eigenvalue weighted by molar-refractivity contribution is 4.61. The van der Waals surface area contributed by atoms with Gasteiger partial charge in [0.15, 0.2) is 0 Å². The van der Waals surface area contributed by atoms with Gasteiger partial charge in [-0.2, -0.15) is 0 Å². The van der Waals surface area contributed by atoms with E-state index < -0.39 is 0 Å². The van der Waals surface area contributed by atoms with Crippen LogP contribution in [-0.4, -0.2) is 35.5 Å². The van der Waals surface area contributed by atoms with Gasteiger partial charge in [0.25, 0.3) is 0 Å². The van der Waals surface area contributed by atoms with Crippen LogP contribution in [-0.2, 0) is 0 Å². The molecule has 0 fully saturated rings. The molecule has 88 valence electrons. The average Bonchev–Trinajstić information content (AvgIpc) is 2.17. The van der Waals surface area contributed by atoms with E-state index >= 15 is 0 Å². The van der Waals surface area contributed by atoms with E-state index in [4.69, 9.17) is 21.7 Å². The maximum atomic E-state index is 8.73. The highest BCUT2D eigenvalue weighted by Gasteiger charge is 2.02. The smallest absolute Gasteiger partial charge is 0.0662 e. The molecule has 0 rings (SSSR count). The van der Waals surface area contributed by atoms with Crippen LogP contribution in [0.25, 0.3) is 0 Å². The molecule has 0 aliphatic carbocycles. The van der Waals surface area contributed by atoms with Crippen molar-refractivity contribution in [2.45, 2.75) is 45.8 Å². The number of aliphatic hydroxyl groups excluding tert-OH is 2. The summed E-state index contributed by atoms with van der Waals surface area (Å²) in [6.45, 7) is 6.49. The molecule has 0 amide bonds. The molecule has 0 aromatic carbocycles. The molecule has 0 radical (unpaired) electrons. The van der Waals surface area contributed by atoms with Gasteiger partial charge in [-0.05, 0) is 12.3 Å². The third-order valence-corrected chi connectivity index (χ3v) is 1.96. The lowest BCUT2D eigenvalue weighted by atomic mass is 10.1. The highest BCUT2D eigenvalue weighted by Crippen LogP contribution is 1.94. The molecule has 0 saturated heterocycles. The van der Waals surface area contributed by atoms with Crippen molar-refractivity contribution in [3.8, 4) is 0 Å². The van der Waals surface area contributed by atoms with E-state index in [9.17, 15) is 0 Å². The summed E-state index contributed by atoms with van der Waals surface area (Å²) in [5.41, 5.74) is 10.5. The SMILES string of the molecule is CC(C)C(N)CO.CCCC(O)CN. The molecule has 0 spiro atoms. The first-order chi connectivity index (χ1) is 6.49. The quantitative estimate of drug-likeness (QED) is 0.512. The number of rotatable bonds is 5. The number of hydrogen-bond donors (Lipinski definition) is 4. The zero-order chi connectivity index (χ0) is 11.6. The van der Waals surface area contributed by atoms with Crippen molar-refractivity contribution >= 4 is 0 Å². The van der Waals surface area contributed by atoms with Gasteiger partial charge in [0.05, 0.1) is 12.7 Å². The third kappa shape index (κ3) is 11.8. The van der Waals surface area contributed by atoms with Crippen molar-refractivity contribution in [2.75, 3.05) is 13.2 Å². The van der Waals surface area contributed by atoms with E-state index in [0.717, 1.165) is 12.8 Å². The standard InChI is InChI=1S/2C5H13NO/c1-4(2)5(6)3-7;1-2-3-5(7)4-6/h4-5,7H,3,6H2,1-2H3;5,7H,2-4,6H2,1H3. The Morgan fingerprint density at radius 3 is 1.86 bits per heavy atom. The minimum absolute atomic E-state index is 0.0417. The van der Waals surface area contributed by atoms with Crippen molar-refractivity contribution in [1.82, 2.24) is 0 Å². The Bertz CT molecular complexity index is 110. The average molecular weight is 206 g/mol. The second-order valence-corrected chi connectivity index (χ2v) is 3.77. The Morgan fingerprint density at radius 1 is 1.29 bits per heavy atom. The Kier molecular flexibility index (Phi) is 12.7. The van der Waals surface area contributed by atoms with Gasteiger partial charge in [0.1, 0.15) is 0 Å². The van der Waals surface area contributed by atoms with E-state index in [1.54, 1.807) is 0 Å². The van der Waals surface area contributed by atoms with Gasteiger partial charge in [-0.1, -0.05) is 27.2 Å². The summed E-state index contributed by atoms with van der Waals surface area (Å²) >= 11 is 0. The van der Waals surface area contributed by atoms with Crippen LogP contribution >= 0.6 is 0 Å². The molecule has 0 aromatic heterocycles. The molecule has 0 bridgehead atoms. The first-order valence-electron chi connectivity index (χ1n) is 5.24. The number of aliphatic hydroxyl groups is 2. The van der Waals surface area contributed by atoms with Gasteiger partial charge < -0.3 is 21.7 Å². The van der Waals surface area contributed by atoms with Gasteiger partial charge in [-0.15, -0.1) is 0 Å². The van der Waals surface area contributed by atoms with Gasteiger partial charge >= 0.3 is 0 Å². The lowest BCUT2D eigenvalue weighted by molar-refractivity contribution is 0.172. The summed E-state index contributed by atoms with van der Waals surface area (Å²) < 4.78 is 0. The fourth-order valence-corrected chi connectivity index (χ4v) is 0.662. The lowest BCUT2D eigenvalue weighted by Crippen LogP contribution is -2.29. The predicted octanol–water partition coefficient (Wildman–Crippen LogP) is 0.0681. The van der Waals surface area contributed by atoms with Crippen molar-refractivity contribution in [2.24, 2.45) is 17.4 Å². The van der Waals surface area contributed by atoms with E-state index in [1.165, 1.54) is 0 Å². The molecule has 2 unspecified atom stereocenters. The van der Waals surface area contributed by atoms with Crippen LogP contribution in [0.5, 0.6) is 0 Å². The van der Waals surface area contributed by atoms with Crippen LogP contribution < -0.4 is 11.5 Å². The minimum atomic E-state index is -0.273. The Morgan fingerprint density at radius 2 is 1.79 bits per heavy atom. The molecular formula is C10H26N2O2. The summed E-state index contributed by atoms with van der Waals surface area (Å²) in [7, 11) is 0. The Balaban J connectivity index is 0. The van der Waals surface area contributed by atoms with Gasteiger partial charge in [-0.25, -0.2) is 0 Å². The second-order valence-electron chi connectivity index (χ2n) is 3.77. The van der Waals surface area contributed by atoms with Crippen molar-refractivity contribution in [3.05, 3.63) is 0 Å². The van der Waals surface area contributed by atoms with Crippen LogP contribution in [0.3, 0.4) is 0 Å². The van der Waals surface area contributed by atoms with Crippen LogP contribution in [0, 0.1) is 5.92 Å². The molecule has 0 aliphatic rings. The predicted molar refractivity (Wildman–Crippen MR) is 59.9 cm³/mol.